The third-order valence-electron chi connectivity index (χ3n) is 7.53. The number of piperazine rings is 1. The number of hydrogen-bond acceptors (Lipinski definition) is 6. The molecule has 0 aromatic carbocycles. The summed E-state index contributed by atoms with van der Waals surface area (Å²) in [5.74, 6) is 1.03. The number of carbonyl (C=O) groups is 2. The van der Waals surface area contributed by atoms with E-state index in [9.17, 15) is 9.59 Å². The predicted molar refractivity (Wildman–Crippen MR) is 114 cm³/mol. The van der Waals surface area contributed by atoms with Gasteiger partial charge in [-0.05, 0) is 43.5 Å². The normalized spacial score (nSPS) is 34.1. The smallest absolute Gasteiger partial charge is 0.311 e. The number of rotatable bonds is 3. The standard InChI is InChI=1S/C24H29N3O3/c1-16-19(28)7-9-24(2)8-6-17-18(23(29)30-22(17)21(16)24)15-26-11-13-27(14-12-26)20-5-3-4-10-25-20/h3-5,7,9-10,17-18,22H,6,8,11-15H2,1-2H3/t17-,18-,22+,24-/m0/s1. The first kappa shape index (κ1) is 19.5. The van der Waals surface area contributed by atoms with Crippen LogP contribution in [0.25, 0.3) is 0 Å². The van der Waals surface area contributed by atoms with Gasteiger partial charge in [-0.2, -0.15) is 0 Å². The minimum absolute atomic E-state index is 0.0493. The lowest BCUT2D eigenvalue weighted by Gasteiger charge is -2.43. The van der Waals surface area contributed by atoms with Gasteiger partial charge in [-0.3, -0.25) is 14.5 Å². The Labute approximate surface area is 177 Å². The molecule has 6 heteroatoms. The van der Waals surface area contributed by atoms with Gasteiger partial charge in [0.15, 0.2) is 5.78 Å². The Morgan fingerprint density at radius 1 is 1.20 bits per heavy atom. The fourth-order valence-corrected chi connectivity index (χ4v) is 5.76. The Bertz CT molecular complexity index is 917. The molecule has 3 fully saturated rings. The summed E-state index contributed by atoms with van der Waals surface area (Å²) in [6.07, 6.45) is 7.21. The van der Waals surface area contributed by atoms with Crippen molar-refractivity contribution >= 4 is 17.6 Å². The summed E-state index contributed by atoms with van der Waals surface area (Å²) in [6, 6.07) is 6.00. The Morgan fingerprint density at radius 2 is 2.00 bits per heavy atom. The molecule has 2 aliphatic carbocycles. The minimum atomic E-state index is -0.245. The molecule has 0 spiro atoms. The van der Waals surface area contributed by atoms with Gasteiger partial charge in [0.1, 0.15) is 11.9 Å². The molecule has 1 saturated carbocycles. The van der Waals surface area contributed by atoms with E-state index in [4.69, 9.17) is 4.74 Å². The summed E-state index contributed by atoms with van der Waals surface area (Å²) in [7, 11) is 0. The number of hydrogen-bond donors (Lipinski definition) is 0. The van der Waals surface area contributed by atoms with Gasteiger partial charge in [-0.1, -0.05) is 19.1 Å². The van der Waals surface area contributed by atoms with E-state index < -0.39 is 0 Å². The van der Waals surface area contributed by atoms with Gasteiger partial charge < -0.3 is 9.64 Å². The Balaban J connectivity index is 1.28. The van der Waals surface area contributed by atoms with Crippen LogP contribution in [0.5, 0.6) is 0 Å². The second kappa shape index (κ2) is 7.34. The largest absolute Gasteiger partial charge is 0.457 e. The number of fused-ring (bicyclic) bond motifs is 3. The molecule has 158 valence electrons. The van der Waals surface area contributed by atoms with Crippen LogP contribution in [0.2, 0.25) is 0 Å². The number of nitrogens with zero attached hydrogens (tertiary/aromatic N) is 3. The first-order chi connectivity index (χ1) is 14.5. The minimum Gasteiger partial charge on any atom is -0.457 e. The average Bonchev–Trinajstić information content (AvgIpc) is 3.07. The summed E-state index contributed by atoms with van der Waals surface area (Å²) >= 11 is 0. The van der Waals surface area contributed by atoms with Gasteiger partial charge >= 0.3 is 5.97 Å². The Hall–Kier alpha value is -2.47. The highest BCUT2D eigenvalue weighted by molar-refractivity contribution is 6.05. The second-order valence-corrected chi connectivity index (χ2v) is 9.30. The van der Waals surface area contributed by atoms with Crippen molar-refractivity contribution in [2.24, 2.45) is 17.3 Å². The molecule has 0 amide bonds. The van der Waals surface area contributed by atoms with Gasteiger partial charge in [-0.15, -0.1) is 0 Å². The number of carbonyl (C=O) groups excluding carboxylic acids is 2. The van der Waals surface area contributed by atoms with Gasteiger partial charge in [-0.25, -0.2) is 4.98 Å². The van der Waals surface area contributed by atoms with Gasteiger partial charge in [0.25, 0.3) is 0 Å². The van der Waals surface area contributed by atoms with E-state index in [1.54, 1.807) is 6.08 Å². The molecule has 1 aromatic rings. The van der Waals surface area contributed by atoms with E-state index >= 15 is 0 Å². The summed E-state index contributed by atoms with van der Waals surface area (Å²) in [5.41, 5.74) is 1.65. The van der Waals surface area contributed by atoms with Crippen molar-refractivity contribution in [3.8, 4) is 0 Å². The first-order valence-corrected chi connectivity index (χ1v) is 11.0. The summed E-state index contributed by atoms with van der Waals surface area (Å²) in [5, 5.41) is 0. The molecular formula is C24H29N3O3. The maximum atomic E-state index is 12.9. The zero-order chi connectivity index (χ0) is 20.9. The molecule has 3 heterocycles. The zero-order valence-electron chi connectivity index (χ0n) is 17.7. The third kappa shape index (κ3) is 3.18. The van der Waals surface area contributed by atoms with Crippen molar-refractivity contribution < 1.29 is 14.3 Å². The number of pyridine rings is 1. The zero-order valence-corrected chi connectivity index (χ0v) is 17.7. The van der Waals surface area contributed by atoms with Crippen LogP contribution >= 0.6 is 0 Å². The molecule has 0 N–H and O–H groups in total. The van der Waals surface area contributed by atoms with Crippen molar-refractivity contribution in [1.82, 2.24) is 9.88 Å². The maximum Gasteiger partial charge on any atom is 0.311 e. The summed E-state index contributed by atoms with van der Waals surface area (Å²) in [4.78, 5) is 34.3. The van der Waals surface area contributed by atoms with E-state index in [1.807, 2.05) is 37.4 Å². The molecular weight excluding hydrogens is 378 g/mol. The summed E-state index contributed by atoms with van der Waals surface area (Å²) < 4.78 is 5.93. The second-order valence-electron chi connectivity index (χ2n) is 9.30. The molecule has 4 aliphatic rings. The topological polar surface area (TPSA) is 62.7 Å². The number of aromatic nitrogens is 1. The quantitative estimate of drug-likeness (QED) is 0.718. The number of allylic oxidation sites excluding steroid dienone is 3. The highest BCUT2D eigenvalue weighted by Gasteiger charge is 2.54. The van der Waals surface area contributed by atoms with E-state index in [0.717, 1.165) is 62.5 Å². The molecule has 5 rings (SSSR count). The molecule has 1 aromatic heterocycles. The van der Waals surface area contributed by atoms with Crippen LogP contribution in [-0.2, 0) is 14.3 Å². The van der Waals surface area contributed by atoms with Crippen molar-refractivity contribution in [2.45, 2.75) is 32.8 Å². The predicted octanol–water partition coefficient (Wildman–Crippen LogP) is 2.62. The van der Waals surface area contributed by atoms with Crippen LogP contribution < -0.4 is 4.90 Å². The van der Waals surface area contributed by atoms with Gasteiger partial charge in [0.2, 0.25) is 0 Å². The van der Waals surface area contributed by atoms with E-state index in [-0.39, 0.29) is 35.1 Å². The van der Waals surface area contributed by atoms with E-state index in [1.165, 1.54) is 0 Å². The molecule has 30 heavy (non-hydrogen) atoms. The molecule has 2 saturated heterocycles. The average molecular weight is 408 g/mol. The van der Waals surface area contributed by atoms with Crippen LogP contribution in [-0.4, -0.2) is 60.5 Å². The van der Waals surface area contributed by atoms with Gasteiger partial charge in [0.05, 0.1) is 5.92 Å². The maximum absolute atomic E-state index is 12.9. The van der Waals surface area contributed by atoms with E-state index in [2.05, 4.69) is 21.7 Å². The number of ether oxygens (including phenoxy) is 1. The molecule has 0 unspecified atom stereocenters. The van der Waals surface area contributed by atoms with Gasteiger partial charge in [0, 0.05) is 55.8 Å². The van der Waals surface area contributed by atoms with Crippen LogP contribution in [0.1, 0.15) is 26.7 Å². The van der Waals surface area contributed by atoms with Crippen molar-refractivity contribution in [1.29, 1.82) is 0 Å². The Morgan fingerprint density at radius 3 is 2.73 bits per heavy atom. The molecule has 0 radical (unpaired) electrons. The van der Waals surface area contributed by atoms with Crippen LogP contribution in [0.3, 0.4) is 0 Å². The fraction of sp³-hybridized carbons (Fsp3) is 0.542. The van der Waals surface area contributed by atoms with Crippen LogP contribution in [0.4, 0.5) is 5.82 Å². The summed E-state index contributed by atoms with van der Waals surface area (Å²) in [6.45, 7) is 8.45. The number of anilines is 1. The van der Waals surface area contributed by atoms with Crippen molar-refractivity contribution in [3.05, 3.63) is 47.7 Å². The lowest BCUT2D eigenvalue weighted by atomic mass is 9.61. The first-order valence-electron chi connectivity index (χ1n) is 11.0. The SMILES string of the molecule is CC1=C2[C@@H]3OC(=O)[C@@H](CN4CCN(c5ccccn5)CC4)[C@@H]3CC[C@@]2(C)C=CC1=O. The van der Waals surface area contributed by atoms with E-state index in [0.29, 0.717) is 0 Å². The third-order valence-corrected chi connectivity index (χ3v) is 7.53. The number of ketones is 1. The number of esters is 1. The molecule has 6 nitrogen and oxygen atoms in total. The van der Waals surface area contributed by atoms with Crippen molar-refractivity contribution in [3.63, 3.8) is 0 Å². The lowest BCUT2D eigenvalue weighted by molar-refractivity contribution is -0.144. The molecule has 0 bridgehead atoms. The molecule has 4 atom stereocenters. The highest BCUT2D eigenvalue weighted by atomic mass is 16.6. The van der Waals surface area contributed by atoms with Crippen LogP contribution in [0.15, 0.2) is 47.7 Å². The lowest BCUT2D eigenvalue weighted by Crippen LogP contribution is -2.49. The Kier molecular flexibility index (Phi) is 4.77. The fourth-order valence-electron chi connectivity index (χ4n) is 5.76. The highest BCUT2D eigenvalue weighted by Crippen LogP contribution is 2.53. The van der Waals surface area contributed by atoms with Crippen molar-refractivity contribution in [2.75, 3.05) is 37.6 Å². The van der Waals surface area contributed by atoms with Crippen LogP contribution in [0, 0.1) is 17.3 Å². The molecule has 2 aliphatic heterocycles. The monoisotopic (exact) mass is 407 g/mol.